The minimum Gasteiger partial charge on any atom is -0.504 e. The van der Waals surface area contributed by atoms with Crippen molar-refractivity contribution in [2.75, 3.05) is 7.11 Å². The van der Waals surface area contributed by atoms with Gasteiger partial charge in [0.2, 0.25) is 0 Å². The van der Waals surface area contributed by atoms with E-state index in [1.165, 1.54) is 18.2 Å². The Morgan fingerprint density at radius 1 is 1.24 bits per heavy atom. The number of aromatic nitrogens is 2. The molecule has 0 saturated heterocycles. The Balaban J connectivity index is 1.85. The van der Waals surface area contributed by atoms with Gasteiger partial charge in [-0.05, 0) is 53.0 Å². The molecule has 7 heteroatoms. The number of methoxy groups -OCH3 is 1. The second-order valence-corrected chi connectivity index (χ2v) is 8.08. The number of benzene rings is 2. The maximum Gasteiger partial charge on any atom is 0.282 e. The van der Waals surface area contributed by atoms with E-state index in [9.17, 15) is 9.90 Å². The van der Waals surface area contributed by atoms with Crippen LogP contribution < -0.4 is 10.3 Å². The molecule has 1 fully saturated rings. The fraction of sp³-hybridized carbons (Fsp3) is 0.318. The highest BCUT2D eigenvalue weighted by Crippen LogP contribution is 2.33. The van der Waals surface area contributed by atoms with Crippen molar-refractivity contribution in [2.45, 2.75) is 38.0 Å². The van der Waals surface area contributed by atoms with Gasteiger partial charge >= 0.3 is 0 Å². The summed E-state index contributed by atoms with van der Waals surface area (Å²) in [7, 11) is 1.49. The number of halogens is 1. The average Bonchev–Trinajstić information content (AvgIpc) is 2.75. The van der Waals surface area contributed by atoms with E-state index in [0.717, 1.165) is 25.7 Å². The first kappa shape index (κ1) is 19.6. The van der Waals surface area contributed by atoms with Crippen LogP contribution in [0.25, 0.3) is 10.9 Å². The Morgan fingerprint density at radius 3 is 2.76 bits per heavy atom. The molecule has 0 amide bonds. The quantitative estimate of drug-likeness (QED) is 0.572. The first-order valence-corrected chi connectivity index (χ1v) is 10.5. The molecule has 150 valence electrons. The molecule has 0 atom stereocenters. The molecule has 1 heterocycles. The maximum absolute atomic E-state index is 13.2. The predicted octanol–water partition coefficient (Wildman–Crippen LogP) is 4.80. The summed E-state index contributed by atoms with van der Waals surface area (Å²) in [5, 5.41) is 15.0. The van der Waals surface area contributed by atoms with Crippen LogP contribution >= 0.6 is 15.9 Å². The standard InChI is InChI=1S/C22H22BrN3O3/c1-29-20-11-15(17(23)12-19(20)27)13-24-26-21(14-7-3-2-4-8-14)25-18-10-6-5-9-16(18)22(26)28/h5-6,9-14,27H,2-4,7-8H2,1H3. The largest absolute Gasteiger partial charge is 0.504 e. The molecule has 6 nitrogen and oxygen atoms in total. The van der Waals surface area contributed by atoms with Gasteiger partial charge < -0.3 is 9.84 Å². The Labute approximate surface area is 177 Å². The summed E-state index contributed by atoms with van der Waals surface area (Å²) >= 11 is 3.43. The van der Waals surface area contributed by atoms with Gasteiger partial charge in [-0.1, -0.05) is 31.4 Å². The van der Waals surface area contributed by atoms with E-state index in [1.54, 1.807) is 24.4 Å². The summed E-state index contributed by atoms with van der Waals surface area (Å²) in [6.07, 6.45) is 7.11. The number of para-hydroxylation sites is 1. The highest BCUT2D eigenvalue weighted by atomic mass is 79.9. The lowest BCUT2D eigenvalue weighted by molar-refractivity contribution is 0.373. The third-order valence-electron chi connectivity index (χ3n) is 5.36. The summed E-state index contributed by atoms with van der Waals surface area (Å²) in [5.74, 6) is 1.30. The average molecular weight is 456 g/mol. The van der Waals surface area contributed by atoms with E-state index < -0.39 is 0 Å². The SMILES string of the molecule is COc1cc(C=Nn2c(C3CCCCC3)nc3ccccc3c2=O)c(Br)cc1O. The first-order valence-electron chi connectivity index (χ1n) is 9.71. The third-order valence-corrected chi connectivity index (χ3v) is 6.05. The van der Waals surface area contributed by atoms with Gasteiger partial charge in [0, 0.05) is 16.0 Å². The van der Waals surface area contributed by atoms with Crippen LogP contribution in [-0.2, 0) is 0 Å². The van der Waals surface area contributed by atoms with Gasteiger partial charge in [0.15, 0.2) is 11.5 Å². The molecule has 0 radical (unpaired) electrons. The molecule has 1 aliphatic carbocycles. The molecule has 0 unspecified atom stereocenters. The number of phenols is 1. The van der Waals surface area contributed by atoms with Crippen LogP contribution in [0.3, 0.4) is 0 Å². The van der Waals surface area contributed by atoms with Crippen LogP contribution in [0, 0.1) is 0 Å². The van der Waals surface area contributed by atoms with E-state index in [0.29, 0.717) is 32.5 Å². The van der Waals surface area contributed by atoms with Crippen LogP contribution in [0.4, 0.5) is 0 Å². The molecular formula is C22H22BrN3O3. The number of nitrogens with zero attached hydrogens (tertiary/aromatic N) is 3. The number of hydrogen-bond acceptors (Lipinski definition) is 5. The van der Waals surface area contributed by atoms with Crippen LogP contribution in [0.15, 0.2) is 50.8 Å². The van der Waals surface area contributed by atoms with Gasteiger partial charge in [-0.2, -0.15) is 9.78 Å². The minimum atomic E-state index is -0.172. The smallest absolute Gasteiger partial charge is 0.282 e. The first-order chi connectivity index (χ1) is 14.1. The minimum absolute atomic E-state index is 0.0314. The molecule has 0 spiro atoms. The second-order valence-electron chi connectivity index (χ2n) is 7.23. The van der Waals surface area contributed by atoms with Gasteiger partial charge in [-0.25, -0.2) is 4.98 Å². The Bertz CT molecular complexity index is 1130. The molecular weight excluding hydrogens is 434 g/mol. The number of hydrogen-bond donors (Lipinski definition) is 1. The number of rotatable bonds is 4. The van der Waals surface area contributed by atoms with Crippen LogP contribution in [-0.4, -0.2) is 28.1 Å². The maximum atomic E-state index is 13.2. The van der Waals surface area contributed by atoms with Crippen molar-refractivity contribution in [1.29, 1.82) is 0 Å². The lowest BCUT2D eigenvalue weighted by atomic mass is 9.88. The summed E-state index contributed by atoms with van der Waals surface area (Å²) in [6.45, 7) is 0. The monoisotopic (exact) mass is 455 g/mol. The molecule has 2 aromatic carbocycles. The molecule has 1 saturated carbocycles. The molecule has 1 N–H and O–H groups in total. The molecule has 1 aliphatic rings. The molecule has 0 aliphatic heterocycles. The lowest BCUT2D eigenvalue weighted by Crippen LogP contribution is -2.25. The van der Waals surface area contributed by atoms with Gasteiger partial charge in [-0.15, -0.1) is 0 Å². The molecule has 0 bridgehead atoms. The second kappa shape index (κ2) is 8.37. The Kier molecular flexibility index (Phi) is 5.67. The van der Waals surface area contributed by atoms with E-state index in [1.807, 2.05) is 18.2 Å². The topological polar surface area (TPSA) is 76.7 Å². The fourth-order valence-corrected chi connectivity index (χ4v) is 4.25. The summed E-state index contributed by atoms with van der Waals surface area (Å²) in [6, 6.07) is 10.6. The molecule has 29 heavy (non-hydrogen) atoms. The zero-order valence-electron chi connectivity index (χ0n) is 16.1. The van der Waals surface area contributed by atoms with Gasteiger partial charge in [-0.3, -0.25) is 4.79 Å². The molecule has 4 rings (SSSR count). The van der Waals surface area contributed by atoms with Crippen molar-refractivity contribution in [1.82, 2.24) is 9.66 Å². The predicted molar refractivity (Wildman–Crippen MR) is 117 cm³/mol. The van der Waals surface area contributed by atoms with Crippen molar-refractivity contribution in [3.05, 3.63) is 62.6 Å². The van der Waals surface area contributed by atoms with Crippen LogP contribution in [0.5, 0.6) is 11.5 Å². The summed E-state index contributed by atoms with van der Waals surface area (Å²) < 4.78 is 7.27. The van der Waals surface area contributed by atoms with E-state index in [4.69, 9.17) is 9.72 Å². The van der Waals surface area contributed by atoms with E-state index >= 15 is 0 Å². The molecule has 1 aromatic heterocycles. The zero-order valence-corrected chi connectivity index (χ0v) is 17.7. The third kappa shape index (κ3) is 3.92. The van der Waals surface area contributed by atoms with Crippen molar-refractivity contribution in [3.63, 3.8) is 0 Å². The van der Waals surface area contributed by atoms with Gasteiger partial charge in [0.25, 0.3) is 5.56 Å². The Hall–Kier alpha value is -2.67. The van der Waals surface area contributed by atoms with Crippen molar-refractivity contribution in [2.24, 2.45) is 5.10 Å². The lowest BCUT2D eigenvalue weighted by Gasteiger charge is -2.22. The summed E-state index contributed by atoms with van der Waals surface area (Å²) in [5.41, 5.74) is 1.22. The van der Waals surface area contributed by atoms with Crippen molar-refractivity contribution in [3.8, 4) is 11.5 Å². The number of phenolic OH excluding ortho intramolecular Hbond substituents is 1. The Morgan fingerprint density at radius 2 is 2.00 bits per heavy atom. The fourth-order valence-electron chi connectivity index (χ4n) is 3.82. The van der Waals surface area contributed by atoms with Crippen LogP contribution in [0.1, 0.15) is 49.4 Å². The van der Waals surface area contributed by atoms with Gasteiger partial charge in [0.05, 0.1) is 24.2 Å². The number of fused-ring (bicyclic) bond motifs is 1. The highest BCUT2D eigenvalue weighted by molar-refractivity contribution is 9.10. The van der Waals surface area contributed by atoms with Gasteiger partial charge in [0.1, 0.15) is 5.82 Å². The van der Waals surface area contributed by atoms with Crippen LogP contribution in [0.2, 0.25) is 0 Å². The van der Waals surface area contributed by atoms with Crippen molar-refractivity contribution < 1.29 is 9.84 Å². The summed E-state index contributed by atoms with van der Waals surface area (Å²) in [4.78, 5) is 18.0. The number of ether oxygens (including phenoxy) is 1. The van der Waals surface area contributed by atoms with Crippen molar-refractivity contribution >= 4 is 33.0 Å². The molecule has 3 aromatic rings. The zero-order chi connectivity index (χ0) is 20.4. The number of aromatic hydroxyl groups is 1. The normalized spacial score (nSPS) is 15.2. The highest BCUT2D eigenvalue weighted by Gasteiger charge is 2.22. The van der Waals surface area contributed by atoms with E-state index in [-0.39, 0.29) is 17.2 Å². The van der Waals surface area contributed by atoms with E-state index in [2.05, 4.69) is 21.0 Å².